The Hall–Kier alpha value is -1.19. The van der Waals surface area contributed by atoms with Crippen LogP contribution in [0.1, 0.15) is 42.2 Å². The van der Waals surface area contributed by atoms with E-state index in [4.69, 9.17) is 0 Å². The molecule has 2 aromatic rings. The van der Waals surface area contributed by atoms with Crippen molar-refractivity contribution in [1.29, 1.82) is 0 Å². The summed E-state index contributed by atoms with van der Waals surface area (Å²) in [6.07, 6.45) is 4.18. The molecule has 0 fully saturated rings. The quantitative estimate of drug-likeness (QED) is 0.918. The minimum Gasteiger partial charge on any atom is -0.302 e. The van der Waals surface area contributed by atoms with Gasteiger partial charge in [0.25, 0.3) is 0 Å². The lowest BCUT2D eigenvalue weighted by atomic mass is 10.1. The number of rotatable bonds is 3. The molecule has 0 saturated carbocycles. The summed E-state index contributed by atoms with van der Waals surface area (Å²) in [6.45, 7) is 2.18. The van der Waals surface area contributed by atoms with Gasteiger partial charge in [-0.1, -0.05) is 28.1 Å². The normalized spacial score (nSPS) is 19.2. The highest BCUT2D eigenvalue weighted by Crippen LogP contribution is 2.34. The van der Waals surface area contributed by atoms with Crippen molar-refractivity contribution in [1.82, 2.24) is 10.3 Å². The van der Waals surface area contributed by atoms with Gasteiger partial charge in [0.2, 0.25) is 0 Å². The van der Waals surface area contributed by atoms with Gasteiger partial charge in [0.1, 0.15) is 0 Å². The zero-order chi connectivity index (χ0) is 13.2. The number of aromatic nitrogens is 1. The zero-order valence-electron chi connectivity index (χ0n) is 10.9. The molecule has 1 aromatic heterocycles. The number of halogens is 1. The monoisotopic (exact) mass is 316 g/mol. The van der Waals surface area contributed by atoms with Crippen molar-refractivity contribution >= 4 is 15.9 Å². The van der Waals surface area contributed by atoms with Crippen LogP contribution in [0.5, 0.6) is 0 Å². The first kappa shape index (κ1) is 12.8. The van der Waals surface area contributed by atoms with E-state index < -0.39 is 0 Å². The van der Waals surface area contributed by atoms with E-state index in [2.05, 4.69) is 57.4 Å². The van der Waals surface area contributed by atoms with Gasteiger partial charge in [-0.15, -0.1) is 0 Å². The molecular formula is C16H17BrN2. The number of nitrogens with zero attached hydrogens (tertiary/aromatic N) is 1. The second-order valence-corrected chi connectivity index (χ2v) is 5.99. The summed E-state index contributed by atoms with van der Waals surface area (Å²) in [6, 6.07) is 13.4. The van der Waals surface area contributed by atoms with Crippen LogP contribution in [0.25, 0.3) is 0 Å². The fourth-order valence-electron chi connectivity index (χ4n) is 2.78. The van der Waals surface area contributed by atoms with Gasteiger partial charge in [0.05, 0.1) is 5.69 Å². The first-order chi connectivity index (χ1) is 9.24. The summed E-state index contributed by atoms with van der Waals surface area (Å²) in [7, 11) is 0. The Bertz CT molecular complexity index is 568. The van der Waals surface area contributed by atoms with Crippen molar-refractivity contribution in [2.45, 2.75) is 31.8 Å². The van der Waals surface area contributed by atoms with Crippen molar-refractivity contribution in [2.24, 2.45) is 0 Å². The summed E-state index contributed by atoms with van der Waals surface area (Å²) in [5.41, 5.74) is 4.00. The van der Waals surface area contributed by atoms with E-state index in [0.29, 0.717) is 6.04 Å². The van der Waals surface area contributed by atoms with Crippen LogP contribution in [-0.2, 0) is 6.42 Å². The predicted molar refractivity (Wildman–Crippen MR) is 81.0 cm³/mol. The highest BCUT2D eigenvalue weighted by Gasteiger charge is 2.24. The van der Waals surface area contributed by atoms with Gasteiger partial charge in [0.15, 0.2) is 0 Å². The second kappa shape index (κ2) is 5.43. The fraction of sp³-hybridized carbons (Fsp3) is 0.312. The van der Waals surface area contributed by atoms with E-state index in [9.17, 15) is 0 Å². The average Bonchev–Trinajstić information content (AvgIpc) is 2.82. The summed E-state index contributed by atoms with van der Waals surface area (Å²) in [4.78, 5) is 4.42. The Morgan fingerprint density at radius 2 is 2.21 bits per heavy atom. The smallest absolute Gasteiger partial charge is 0.0570 e. The van der Waals surface area contributed by atoms with Gasteiger partial charge in [-0.05, 0) is 55.2 Å². The van der Waals surface area contributed by atoms with E-state index >= 15 is 0 Å². The standard InChI is InChI=1S/C16H17BrN2/c1-11(15-4-2-3-9-18-15)19-16-8-5-12-10-13(17)6-7-14(12)16/h2-4,6-7,9-11,16,19H,5,8H2,1H3/t11-,16?/m1/s1. The highest BCUT2D eigenvalue weighted by atomic mass is 79.9. The second-order valence-electron chi connectivity index (χ2n) is 5.08. The Labute approximate surface area is 122 Å². The number of pyridine rings is 1. The predicted octanol–water partition coefficient (Wildman–Crippen LogP) is 4.18. The lowest BCUT2D eigenvalue weighted by Crippen LogP contribution is -2.23. The lowest BCUT2D eigenvalue weighted by Gasteiger charge is -2.20. The number of fused-ring (bicyclic) bond motifs is 1. The Balaban J connectivity index is 1.76. The molecule has 0 aliphatic heterocycles. The summed E-state index contributed by atoms with van der Waals surface area (Å²) in [5.74, 6) is 0. The van der Waals surface area contributed by atoms with Crippen LogP contribution in [0.4, 0.5) is 0 Å². The fourth-order valence-corrected chi connectivity index (χ4v) is 3.19. The van der Waals surface area contributed by atoms with Gasteiger partial charge in [-0.3, -0.25) is 4.98 Å². The molecule has 0 spiro atoms. The van der Waals surface area contributed by atoms with Crippen LogP contribution in [0.2, 0.25) is 0 Å². The molecule has 3 rings (SSSR count). The van der Waals surface area contributed by atoms with Crippen LogP contribution >= 0.6 is 15.9 Å². The van der Waals surface area contributed by atoms with E-state index in [1.807, 2.05) is 18.3 Å². The maximum atomic E-state index is 4.42. The van der Waals surface area contributed by atoms with Gasteiger partial charge in [-0.2, -0.15) is 0 Å². The largest absolute Gasteiger partial charge is 0.302 e. The molecule has 0 radical (unpaired) electrons. The number of benzene rings is 1. The third-order valence-corrected chi connectivity index (χ3v) is 4.26. The van der Waals surface area contributed by atoms with Crippen LogP contribution in [0, 0.1) is 0 Å². The maximum absolute atomic E-state index is 4.42. The van der Waals surface area contributed by atoms with Crippen LogP contribution in [0.3, 0.4) is 0 Å². The third-order valence-electron chi connectivity index (χ3n) is 3.77. The third kappa shape index (κ3) is 2.72. The molecule has 1 heterocycles. The Morgan fingerprint density at radius 3 is 3.00 bits per heavy atom. The molecule has 0 amide bonds. The van der Waals surface area contributed by atoms with Crippen molar-refractivity contribution < 1.29 is 0 Å². The van der Waals surface area contributed by atoms with Crippen molar-refractivity contribution in [3.8, 4) is 0 Å². The molecule has 98 valence electrons. The van der Waals surface area contributed by atoms with Crippen molar-refractivity contribution in [3.05, 3.63) is 63.9 Å². The summed E-state index contributed by atoms with van der Waals surface area (Å²) >= 11 is 3.54. The van der Waals surface area contributed by atoms with Crippen LogP contribution in [-0.4, -0.2) is 4.98 Å². The molecule has 0 bridgehead atoms. The molecule has 19 heavy (non-hydrogen) atoms. The van der Waals surface area contributed by atoms with Gasteiger partial charge < -0.3 is 5.32 Å². The summed E-state index contributed by atoms with van der Waals surface area (Å²) < 4.78 is 1.17. The van der Waals surface area contributed by atoms with Crippen molar-refractivity contribution in [3.63, 3.8) is 0 Å². The molecular weight excluding hydrogens is 300 g/mol. The molecule has 1 aromatic carbocycles. The Morgan fingerprint density at radius 1 is 1.32 bits per heavy atom. The van der Waals surface area contributed by atoms with E-state index in [1.54, 1.807) is 0 Å². The van der Waals surface area contributed by atoms with Crippen LogP contribution < -0.4 is 5.32 Å². The molecule has 1 unspecified atom stereocenters. The minimum absolute atomic E-state index is 0.279. The van der Waals surface area contributed by atoms with Crippen LogP contribution in [0.15, 0.2) is 47.1 Å². The first-order valence-electron chi connectivity index (χ1n) is 6.69. The lowest BCUT2D eigenvalue weighted by molar-refractivity contribution is 0.458. The topological polar surface area (TPSA) is 24.9 Å². The van der Waals surface area contributed by atoms with Gasteiger partial charge in [0, 0.05) is 22.8 Å². The highest BCUT2D eigenvalue weighted by molar-refractivity contribution is 9.10. The minimum atomic E-state index is 0.279. The molecule has 3 heteroatoms. The molecule has 1 aliphatic rings. The zero-order valence-corrected chi connectivity index (χ0v) is 12.5. The van der Waals surface area contributed by atoms with E-state index in [1.165, 1.54) is 22.0 Å². The average molecular weight is 317 g/mol. The van der Waals surface area contributed by atoms with E-state index in [0.717, 1.165) is 12.1 Å². The molecule has 0 saturated heterocycles. The van der Waals surface area contributed by atoms with Gasteiger partial charge >= 0.3 is 0 Å². The van der Waals surface area contributed by atoms with Crippen molar-refractivity contribution in [2.75, 3.05) is 0 Å². The number of nitrogens with one attached hydrogen (secondary N) is 1. The van der Waals surface area contributed by atoms with E-state index in [-0.39, 0.29) is 6.04 Å². The molecule has 1 N–H and O–H groups in total. The maximum Gasteiger partial charge on any atom is 0.0570 e. The molecule has 2 atom stereocenters. The Kier molecular flexibility index (Phi) is 3.67. The number of aryl methyl sites for hydroxylation is 1. The summed E-state index contributed by atoms with van der Waals surface area (Å²) in [5, 5.41) is 3.69. The number of hydrogen-bond acceptors (Lipinski definition) is 2. The first-order valence-corrected chi connectivity index (χ1v) is 7.48. The molecule has 1 aliphatic carbocycles. The molecule has 2 nitrogen and oxygen atoms in total. The van der Waals surface area contributed by atoms with Gasteiger partial charge in [-0.25, -0.2) is 0 Å². The number of hydrogen-bond donors (Lipinski definition) is 1. The SMILES string of the molecule is C[C@@H](NC1CCc2cc(Br)ccc21)c1ccccn1.